The van der Waals surface area contributed by atoms with Crippen LogP contribution >= 0.6 is 27.5 Å². The minimum absolute atomic E-state index is 0.0169. The summed E-state index contributed by atoms with van der Waals surface area (Å²) in [5.41, 5.74) is -0.0114. The van der Waals surface area contributed by atoms with Crippen LogP contribution in [0.4, 0.5) is 79.0 Å². The molecule has 2 N–H and O–H groups in total. The van der Waals surface area contributed by atoms with Gasteiger partial charge < -0.3 is 9.55 Å². The molecule has 20 nitrogen and oxygen atoms in total. The third-order valence-corrected chi connectivity index (χ3v) is 18.5. The zero-order chi connectivity index (χ0) is 91.6. The lowest BCUT2D eigenvalue weighted by atomic mass is 10.1. The smallest absolute Gasteiger partial charge is 0.348 e. The molecule has 676 valence electrons. The van der Waals surface area contributed by atoms with E-state index >= 15 is 0 Å². The molecular weight excluding hydrogens is 1700 g/mol. The second-order valence-corrected chi connectivity index (χ2v) is 32.1. The summed E-state index contributed by atoms with van der Waals surface area (Å²) in [7, 11) is 0. The van der Waals surface area contributed by atoms with E-state index in [1.54, 1.807) is 94.0 Å². The van der Waals surface area contributed by atoms with Crippen LogP contribution in [0, 0.1) is 0 Å². The first-order valence-corrected chi connectivity index (χ1v) is 40.5. The summed E-state index contributed by atoms with van der Waals surface area (Å²) in [5, 5.41) is 32.9. The van der Waals surface area contributed by atoms with Gasteiger partial charge in [0.1, 0.15) is 70.4 Å². The number of nitrogens with one attached hydrogen (secondary N) is 2. The van der Waals surface area contributed by atoms with Gasteiger partial charge in [0.2, 0.25) is 0 Å². The molecule has 12 rings (SSSR count). The molecule has 4 unspecified atom stereocenters. The highest BCUT2D eigenvalue weighted by atomic mass is 79.9. The van der Waals surface area contributed by atoms with Gasteiger partial charge in [-0.1, -0.05) is 39.3 Å². The Morgan fingerprint density at radius 3 is 1.23 bits per heavy atom. The van der Waals surface area contributed by atoms with Gasteiger partial charge in [-0.25, -0.2) is 62.7 Å². The molecule has 0 aliphatic heterocycles. The number of imidazole rings is 2. The molecule has 0 amide bonds. The number of aromatic amines is 2. The van der Waals surface area contributed by atoms with E-state index in [0.717, 1.165) is 63.4 Å². The van der Waals surface area contributed by atoms with Gasteiger partial charge >= 0.3 is 12.4 Å². The van der Waals surface area contributed by atoms with Crippen LogP contribution in [-0.2, 0) is 12.4 Å². The minimum atomic E-state index is -4.33. The molecule has 10 aromatic heterocycles. The fraction of sp³-hybridized carbons (Fsp3) is 0.625. The Balaban J connectivity index is 0.000000348. The minimum Gasteiger partial charge on any atom is -0.348 e. The highest BCUT2D eigenvalue weighted by molar-refractivity contribution is 9.10. The van der Waals surface area contributed by atoms with Crippen LogP contribution in [0.15, 0.2) is 90.7 Å². The summed E-state index contributed by atoms with van der Waals surface area (Å²) >= 11 is 8.63. The Hall–Kier alpha value is -8.39. The standard InChI is InChI=1S/C12H17F3N2.C10H13F3N2.C9H12BrF3N2.C9H12ClF3N2.C9H13F3N2.C7H9F3N2.4C6H10N2/c1-6(2)17-11(12(14)15)9(8-4-5-8)10(16-17)7(3)13;1-6(2)15-8(7-3-4-7)5-9(14-15)10(11,12)13;2*1-4(2)15-8(9(12)13)6(10)7(14-15)5(3)11;1-5(2)14-8(9(11)12)4-7(13-14)6(3)10;1-5(2)12-4-3-6(11-12)7(8,9)10;1-6(2)8-4-3-7-5-8;1-6(2)8-5-3-4-7-8;1-5(2)6-7-3-4-8-6;1-5(2)6-3-4-7-8-6/h6-8,12H,4-5H2,1-3H3;5-7H,3-4H2,1-2H3;2*4-5,9H,1-3H3;4-6,9H,1-3H3;3-5H,1-2H3;2*3-6H,1-2H3;2*3-5H,1-2H3,(H,7,8). The normalized spacial score (nSPS) is 13.9. The van der Waals surface area contributed by atoms with Crippen molar-refractivity contribution < 1.29 is 79.0 Å². The van der Waals surface area contributed by atoms with Crippen LogP contribution in [-0.4, -0.2) is 98.2 Å². The fourth-order valence-electron chi connectivity index (χ4n) is 10.7. The molecule has 2 fully saturated rings. The van der Waals surface area contributed by atoms with Crippen molar-refractivity contribution in [3.8, 4) is 0 Å². The van der Waals surface area contributed by atoms with Crippen molar-refractivity contribution in [2.45, 2.75) is 327 Å². The number of nitrogens with zero attached hydrogens (tertiary/aromatic N) is 18. The molecule has 0 aromatic carbocycles. The van der Waals surface area contributed by atoms with Crippen molar-refractivity contribution >= 4 is 27.5 Å². The van der Waals surface area contributed by atoms with E-state index in [1.165, 1.54) is 59.7 Å². The predicted octanol–water partition coefficient (Wildman–Crippen LogP) is 27.9. The van der Waals surface area contributed by atoms with E-state index < -0.39 is 79.8 Å². The molecule has 2 saturated carbocycles. The van der Waals surface area contributed by atoms with Crippen molar-refractivity contribution in [2.24, 2.45) is 0 Å². The van der Waals surface area contributed by atoms with Crippen LogP contribution in [0.5, 0.6) is 0 Å². The number of rotatable bonds is 20. The van der Waals surface area contributed by atoms with Gasteiger partial charge in [-0.05, 0) is 222 Å². The SMILES string of the molecule is CC(C)c1ccn[nH]1.CC(C)c1ncc[nH]1.CC(C)n1ccc(C(F)(F)F)n1.CC(C)n1cccn1.CC(C)n1ccnc1.CC(C)n1nc(C(F)(F)F)cc1C1CC1.CC(F)c1cc(C(F)F)n(C(C)C)n1.CC(F)c1nn(C(C)C)c(C(F)F)c1Br.CC(F)c1nn(C(C)C)c(C(F)F)c1C1CC1.CC(F)c1nn(C(C)C)c(C(F)F)c1Cl. The van der Waals surface area contributed by atoms with Crippen molar-refractivity contribution in [3.63, 3.8) is 0 Å². The first-order valence-electron chi connectivity index (χ1n) is 39.3. The fourth-order valence-corrected chi connectivity index (χ4v) is 11.8. The molecule has 0 saturated heterocycles. The van der Waals surface area contributed by atoms with E-state index in [2.05, 4.69) is 137 Å². The number of hydrogen-bond acceptors (Lipinski definition) is 10. The summed E-state index contributed by atoms with van der Waals surface area (Å²) in [6.45, 7) is 43.1. The lowest BCUT2D eigenvalue weighted by Gasteiger charge is -2.11. The topological polar surface area (TPSA) is 200 Å². The molecule has 0 radical (unpaired) electrons. The summed E-state index contributed by atoms with van der Waals surface area (Å²) in [5.74, 6) is 2.52. The zero-order valence-corrected chi connectivity index (χ0v) is 74.4. The molecule has 120 heavy (non-hydrogen) atoms. The maximum Gasteiger partial charge on any atom is 0.435 e. The quantitative estimate of drug-likeness (QED) is 0.0692. The second kappa shape index (κ2) is 48.5. The summed E-state index contributed by atoms with van der Waals surface area (Å²) < 4.78 is 239. The maximum absolute atomic E-state index is 13.5. The largest absolute Gasteiger partial charge is 0.435 e. The zero-order valence-electron chi connectivity index (χ0n) is 72.1. The number of aromatic nitrogens is 20. The lowest BCUT2D eigenvalue weighted by Crippen LogP contribution is -2.10. The number of alkyl halides is 18. The van der Waals surface area contributed by atoms with Crippen molar-refractivity contribution in [2.75, 3.05) is 0 Å². The van der Waals surface area contributed by atoms with Gasteiger partial charge in [-0.15, -0.1) is 0 Å². The van der Waals surface area contributed by atoms with Crippen LogP contribution in [0.25, 0.3) is 0 Å². The van der Waals surface area contributed by atoms with E-state index in [9.17, 15) is 79.0 Å². The first-order chi connectivity index (χ1) is 55.6. The summed E-state index contributed by atoms with van der Waals surface area (Å²) in [4.78, 5) is 11.0. The highest BCUT2D eigenvalue weighted by Gasteiger charge is 2.40. The van der Waals surface area contributed by atoms with Crippen LogP contribution < -0.4 is 0 Å². The Labute approximate surface area is 703 Å². The average Bonchev–Trinajstić information content (AvgIpc) is 1.60. The van der Waals surface area contributed by atoms with Gasteiger partial charge in [0.05, 0.1) is 21.5 Å². The van der Waals surface area contributed by atoms with Crippen LogP contribution in [0.3, 0.4) is 0 Å². The molecule has 10 heterocycles. The monoisotopic (exact) mass is 1810 g/mol. The summed E-state index contributed by atoms with van der Waals surface area (Å²) in [6.07, 6.45) is -4.95. The lowest BCUT2D eigenvalue weighted by molar-refractivity contribution is -0.142. The molecule has 4 atom stereocenters. The van der Waals surface area contributed by atoms with Gasteiger partial charge in [0, 0.05) is 127 Å². The number of H-pyrrole nitrogens is 2. The van der Waals surface area contributed by atoms with Crippen molar-refractivity contribution in [3.05, 3.63) is 175 Å². The molecule has 40 heteroatoms. The molecule has 2 aliphatic rings. The maximum atomic E-state index is 13.5. The van der Waals surface area contributed by atoms with Crippen molar-refractivity contribution in [1.29, 1.82) is 0 Å². The Bertz CT molecular complexity index is 4140. The Morgan fingerprint density at radius 2 is 0.933 bits per heavy atom. The third kappa shape index (κ3) is 32.8. The van der Waals surface area contributed by atoms with Gasteiger partial charge in [-0.2, -0.15) is 67.1 Å². The average molecular weight is 1820 g/mol. The first kappa shape index (κ1) is 106. The molecule has 10 aromatic rings. The van der Waals surface area contributed by atoms with Gasteiger partial charge in [0.25, 0.3) is 25.7 Å². The van der Waals surface area contributed by atoms with Crippen LogP contribution in [0.1, 0.15) is 394 Å². The molecule has 2 aliphatic carbocycles. The predicted molar refractivity (Wildman–Crippen MR) is 431 cm³/mol. The van der Waals surface area contributed by atoms with Gasteiger partial charge in [-0.3, -0.25) is 37.9 Å². The van der Waals surface area contributed by atoms with Gasteiger partial charge in [0.15, 0.2) is 11.4 Å². The van der Waals surface area contributed by atoms with E-state index in [1.807, 2.05) is 55.6 Å². The number of hydrogen-bond donors (Lipinski definition) is 2. The van der Waals surface area contributed by atoms with Crippen LogP contribution in [0.2, 0.25) is 5.02 Å². The van der Waals surface area contributed by atoms with E-state index in [4.69, 9.17) is 11.6 Å². The molecule has 0 bridgehead atoms. The van der Waals surface area contributed by atoms with E-state index in [-0.39, 0.29) is 97.4 Å². The number of halogens is 20. The Morgan fingerprint density at radius 1 is 0.442 bits per heavy atom. The molecule has 0 spiro atoms. The second-order valence-electron chi connectivity index (χ2n) is 31.0. The Kier molecular flexibility index (Phi) is 42.7. The molecular formula is C80H116BrClF18N20. The summed E-state index contributed by atoms with van der Waals surface area (Å²) in [6, 6.07) is 7.31. The van der Waals surface area contributed by atoms with E-state index in [0.29, 0.717) is 29.5 Å². The highest BCUT2D eigenvalue weighted by Crippen LogP contribution is 2.48. The van der Waals surface area contributed by atoms with Crippen molar-refractivity contribution in [1.82, 2.24) is 98.2 Å². The third-order valence-electron chi connectivity index (χ3n) is 17.3.